The van der Waals surface area contributed by atoms with Crippen LogP contribution in [-0.2, 0) is 4.74 Å². The Morgan fingerprint density at radius 3 is 2.67 bits per heavy atom. The van der Waals surface area contributed by atoms with Gasteiger partial charge in [-0.05, 0) is 25.2 Å². The molecular weight excluding hydrogens is 128 g/mol. The number of ether oxygens (including phenoxy) is 1. The molecule has 0 aliphatic carbocycles. The zero-order valence-corrected chi connectivity index (χ0v) is 6.47. The van der Waals surface area contributed by atoms with Crippen LogP contribution in [-0.4, -0.2) is 22.5 Å². The second-order valence-electron chi connectivity index (χ2n) is 3.07. The van der Waals surface area contributed by atoms with Crippen LogP contribution >= 0.6 is 0 Å². The maximum atomic E-state index is 5.64. The van der Waals surface area contributed by atoms with Crippen molar-refractivity contribution in [3.63, 3.8) is 0 Å². The third-order valence-corrected chi connectivity index (χ3v) is 3.02. The van der Waals surface area contributed by atoms with Gasteiger partial charge in [-0.1, -0.05) is 6.04 Å². The molecule has 0 aromatic heterocycles. The monoisotopic (exact) mass is 139 g/mol. The van der Waals surface area contributed by atoms with Gasteiger partial charge in [0.1, 0.15) is 0 Å². The summed E-state index contributed by atoms with van der Waals surface area (Å²) in [5.41, 5.74) is 0. The fraction of sp³-hybridized carbons (Fsp3) is 1.00. The molecule has 2 aliphatic heterocycles. The summed E-state index contributed by atoms with van der Waals surface area (Å²) in [6.07, 6.45) is 5.14. The molecule has 2 heteroatoms. The highest BCUT2D eigenvalue weighted by Crippen LogP contribution is 2.39. The van der Waals surface area contributed by atoms with Crippen LogP contribution in [0.1, 0.15) is 19.3 Å². The van der Waals surface area contributed by atoms with E-state index in [2.05, 4.69) is 10.2 Å². The molecule has 0 N–H and O–H groups in total. The molecule has 2 heterocycles. The molecule has 3 atom stereocenters. The first kappa shape index (κ1) is 5.92. The van der Waals surface area contributed by atoms with E-state index in [-0.39, 0.29) is 0 Å². The molecule has 0 aromatic rings. The maximum absolute atomic E-state index is 5.64. The molecule has 49 valence electrons. The lowest BCUT2D eigenvalue weighted by atomic mass is 9.91. The molecular formula is C7H11OSi. The van der Waals surface area contributed by atoms with Crippen LogP contribution < -0.4 is 0 Å². The van der Waals surface area contributed by atoms with Crippen LogP contribution in [0.4, 0.5) is 0 Å². The Bertz CT molecular complexity index is 115. The normalized spacial score (nSPS) is 48.3. The first-order valence-electron chi connectivity index (χ1n) is 3.70. The summed E-state index contributed by atoms with van der Waals surface area (Å²) in [4.78, 5) is 0. The highest BCUT2D eigenvalue weighted by molar-refractivity contribution is 6.08. The van der Waals surface area contributed by atoms with Gasteiger partial charge < -0.3 is 4.74 Å². The summed E-state index contributed by atoms with van der Waals surface area (Å²) < 4.78 is 5.64. The van der Waals surface area contributed by atoms with E-state index in [0.29, 0.717) is 12.2 Å². The average Bonchev–Trinajstić information content (AvgIpc) is 2.45. The quantitative estimate of drug-likeness (QED) is 0.495. The van der Waals surface area contributed by atoms with Crippen molar-refractivity contribution in [1.29, 1.82) is 0 Å². The van der Waals surface area contributed by atoms with E-state index in [1.807, 2.05) is 0 Å². The summed E-state index contributed by atoms with van der Waals surface area (Å²) in [5, 5.41) is 0. The lowest BCUT2D eigenvalue weighted by Crippen LogP contribution is -2.15. The Balaban J connectivity index is 2.01. The average molecular weight is 139 g/mol. The van der Waals surface area contributed by atoms with E-state index < -0.39 is 0 Å². The first-order chi connectivity index (χ1) is 4.40. The Morgan fingerprint density at radius 2 is 2.33 bits per heavy atom. The van der Waals surface area contributed by atoms with Gasteiger partial charge in [0.25, 0.3) is 0 Å². The molecule has 0 spiro atoms. The third kappa shape index (κ3) is 0.848. The molecule has 2 fully saturated rings. The number of rotatable bonds is 1. The van der Waals surface area contributed by atoms with Crippen molar-refractivity contribution in [2.45, 2.75) is 37.5 Å². The van der Waals surface area contributed by atoms with Crippen LogP contribution in [0.5, 0.6) is 0 Å². The maximum Gasteiger partial charge on any atom is 0.0606 e. The van der Waals surface area contributed by atoms with E-state index in [4.69, 9.17) is 4.74 Å². The fourth-order valence-corrected chi connectivity index (χ4v) is 2.39. The van der Waals surface area contributed by atoms with Gasteiger partial charge in [0.05, 0.1) is 12.2 Å². The van der Waals surface area contributed by atoms with Gasteiger partial charge in [-0.3, -0.25) is 0 Å². The Kier molecular flexibility index (Phi) is 1.38. The van der Waals surface area contributed by atoms with Crippen molar-refractivity contribution < 1.29 is 4.74 Å². The van der Waals surface area contributed by atoms with Crippen LogP contribution in [0, 0.1) is 5.92 Å². The summed E-state index contributed by atoms with van der Waals surface area (Å²) in [5.74, 6) is 0.820. The smallest absolute Gasteiger partial charge is 0.0606 e. The molecule has 1 nitrogen and oxygen atoms in total. The van der Waals surface area contributed by atoms with Gasteiger partial charge in [0.15, 0.2) is 0 Å². The molecule has 9 heavy (non-hydrogen) atoms. The molecule has 2 rings (SSSR count). The summed E-state index contributed by atoms with van der Waals surface area (Å²) >= 11 is 0. The largest absolute Gasteiger partial charge is 0.375 e. The predicted octanol–water partition coefficient (Wildman–Crippen LogP) is 1.14. The lowest BCUT2D eigenvalue weighted by Gasteiger charge is -2.15. The zero-order chi connectivity index (χ0) is 6.27. The van der Waals surface area contributed by atoms with Crippen molar-refractivity contribution >= 4 is 10.2 Å². The van der Waals surface area contributed by atoms with Gasteiger partial charge in [-0.25, -0.2) is 0 Å². The van der Waals surface area contributed by atoms with Crippen molar-refractivity contribution in [1.82, 2.24) is 0 Å². The lowest BCUT2D eigenvalue weighted by molar-refractivity contribution is 0.0950. The molecule has 2 saturated heterocycles. The molecule has 3 radical (unpaired) electrons. The second-order valence-corrected chi connectivity index (χ2v) is 3.48. The van der Waals surface area contributed by atoms with Crippen LogP contribution in [0.25, 0.3) is 0 Å². The molecule has 0 amide bonds. The van der Waals surface area contributed by atoms with Crippen molar-refractivity contribution in [2.24, 2.45) is 5.92 Å². The Morgan fingerprint density at radius 1 is 1.44 bits per heavy atom. The zero-order valence-electron chi connectivity index (χ0n) is 5.47. The molecule has 0 aromatic carbocycles. The minimum atomic E-state index is 0.604. The highest BCUT2D eigenvalue weighted by Gasteiger charge is 2.39. The SMILES string of the molecule is [Si]CC1CC2CCC1O2. The highest BCUT2D eigenvalue weighted by atomic mass is 28.1. The summed E-state index contributed by atoms with van der Waals surface area (Å²) in [6.45, 7) is 0. The van der Waals surface area contributed by atoms with Crippen molar-refractivity contribution in [3.05, 3.63) is 0 Å². The van der Waals surface area contributed by atoms with E-state index in [9.17, 15) is 0 Å². The predicted molar refractivity (Wildman–Crippen MR) is 36.6 cm³/mol. The van der Waals surface area contributed by atoms with Gasteiger partial charge in [-0.2, -0.15) is 0 Å². The van der Waals surface area contributed by atoms with E-state index in [1.165, 1.54) is 19.3 Å². The minimum Gasteiger partial charge on any atom is -0.375 e. The first-order valence-corrected chi connectivity index (χ1v) is 4.41. The Labute approximate surface area is 59.2 Å². The molecule has 3 unspecified atom stereocenters. The minimum absolute atomic E-state index is 0.604. The van der Waals surface area contributed by atoms with Gasteiger partial charge in [0.2, 0.25) is 0 Å². The standard InChI is InChI=1S/C7H11OSi/c9-4-5-3-6-1-2-7(5)8-6/h5-7H,1-4H2. The van der Waals surface area contributed by atoms with Crippen LogP contribution in [0.3, 0.4) is 0 Å². The molecule has 2 bridgehead atoms. The van der Waals surface area contributed by atoms with E-state index >= 15 is 0 Å². The van der Waals surface area contributed by atoms with Gasteiger partial charge >= 0.3 is 0 Å². The molecule has 0 saturated carbocycles. The van der Waals surface area contributed by atoms with Gasteiger partial charge in [0, 0.05) is 10.2 Å². The van der Waals surface area contributed by atoms with Crippen molar-refractivity contribution in [2.75, 3.05) is 0 Å². The number of fused-ring (bicyclic) bond motifs is 2. The topological polar surface area (TPSA) is 9.23 Å². The summed E-state index contributed by atoms with van der Waals surface area (Å²) in [6, 6.07) is 1.13. The van der Waals surface area contributed by atoms with Crippen LogP contribution in [0.2, 0.25) is 6.04 Å². The fourth-order valence-electron chi connectivity index (χ4n) is 1.96. The second kappa shape index (κ2) is 2.10. The summed E-state index contributed by atoms with van der Waals surface area (Å²) in [7, 11) is 3.54. The molecule has 2 aliphatic rings. The number of hydrogen-bond acceptors (Lipinski definition) is 1. The van der Waals surface area contributed by atoms with Gasteiger partial charge in [-0.15, -0.1) is 0 Å². The van der Waals surface area contributed by atoms with E-state index in [0.717, 1.165) is 12.0 Å². The van der Waals surface area contributed by atoms with Crippen LogP contribution in [0.15, 0.2) is 0 Å². The third-order valence-electron chi connectivity index (χ3n) is 2.49. The number of hydrogen-bond donors (Lipinski definition) is 0. The van der Waals surface area contributed by atoms with Crippen molar-refractivity contribution in [3.8, 4) is 0 Å². The van der Waals surface area contributed by atoms with E-state index in [1.54, 1.807) is 0 Å². The Hall–Kier alpha value is 0.177.